The summed E-state index contributed by atoms with van der Waals surface area (Å²) in [5.74, 6) is -0.577. The number of primary amides is 1. The van der Waals surface area contributed by atoms with E-state index in [-0.39, 0.29) is 13.2 Å². The Labute approximate surface area is 144 Å². The van der Waals surface area contributed by atoms with Crippen LogP contribution in [0.1, 0.15) is 21.6 Å². The maximum atomic E-state index is 12.1. The van der Waals surface area contributed by atoms with Gasteiger partial charge in [0.15, 0.2) is 6.61 Å². The van der Waals surface area contributed by atoms with Gasteiger partial charge in [-0.2, -0.15) is 0 Å². The van der Waals surface area contributed by atoms with Gasteiger partial charge < -0.3 is 19.6 Å². The molecule has 0 aliphatic rings. The summed E-state index contributed by atoms with van der Waals surface area (Å²) >= 11 is 0. The van der Waals surface area contributed by atoms with Crippen LogP contribution in [-0.2, 0) is 16.1 Å². The molecular formula is C18H17N3O4. The van der Waals surface area contributed by atoms with Crippen molar-refractivity contribution < 1.29 is 19.1 Å². The predicted molar refractivity (Wildman–Crippen MR) is 90.2 cm³/mol. The number of fused-ring (bicyclic) bond motifs is 1. The Hall–Kier alpha value is -3.35. The quantitative estimate of drug-likeness (QED) is 0.692. The number of carbonyl (C=O) groups is 2. The van der Waals surface area contributed by atoms with Crippen molar-refractivity contribution in [3.63, 3.8) is 0 Å². The van der Waals surface area contributed by atoms with Gasteiger partial charge in [-0.05, 0) is 42.8 Å². The highest BCUT2D eigenvalue weighted by atomic mass is 16.5. The fourth-order valence-corrected chi connectivity index (χ4v) is 2.29. The minimum Gasteiger partial charge on any atom is -0.484 e. The molecule has 0 atom stereocenters. The number of ether oxygens (including phenoxy) is 2. The molecule has 0 bridgehead atoms. The smallest absolute Gasteiger partial charge is 0.338 e. The zero-order valence-corrected chi connectivity index (χ0v) is 13.6. The van der Waals surface area contributed by atoms with Crippen molar-refractivity contribution in [2.75, 3.05) is 6.61 Å². The van der Waals surface area contributed by atoms with E-state index in [1.165, 1.54) is 0 Å². The van der Waals surface area contributed by atoms with E-state index in [1.807, 2.05) is 35.9 Å². The van der Waals surface area contributed by atoms with E-state index < -0.39 is 11.9 Å². The largest absolute Gasteiger partial charge is 0.484 e. The van der Waals surface area contributed by atoms with Crippen LogP contribution in [0.3, 0.4) is 0 Å². The number of aromatic nitrogens is 2. The summed E-state index contributed by atoms with van der Waals surface area (Å²) in [6.07, 6.45) is 3.79. The highest BCUT2D eigenvalue weighted by molar-refractivity contribution is 5.89. The third-order valence-electron chi connectivity index (χ3n) is 3.47. The van der Waals surface area contributed by atoms with Crippen LogP contribution >= 0.6 is 0 Å². The predicted octanol–water partition coefficient (Wildman–Crippen LogP) is 1.86. The Morgan fingerprint density at radius 3 is 2.60 bits per heavy atom. The molecule has 25 heavy (non-hydrogen) atoms. The number of nitrogens with zero attached hydrogens (tertiary/aromatic N) is 2. The first-order valence-corrected chi connectivity index (χ1v) is 7.64. The van der Waals surface area contributed by atoms with E-state index in [2.05, 4.69) is 4.98 Å². The van der Waals surface area contributed by atoms with Crippen molar-refractivity contribution in [3.8, 4) is 5.75 Å². The van der Waals surface area contributed by atoms with Gasteiger partial charge in [0.1, 0.15) is 18.0 Å². The molecule has 0 aliphatic carbocycles. The number of benzene rings is 1. The van der Waals surface area contributed by atoms with Crippen molar-refractivity contribution in [1.29, 1.82) is 0 Å². The highest BCUT2D eigenvalue weighted by Crippen LogP contribution is 2.14. The summed E-state index contributed by atoms with van der Waals surface area (Å²) in [5.41, 5.74) is 7.97. The minimum absolute atomic E-state index is 0.0828. The van der Waals surface area contributed by atoms with E-state index in [0.717, 1.165) is 11.2 Å². The minimum atomic E-state index is -0.564. The summed E-state index contributed by atoms with van der Waals surface area (Å²) in [6.45, 7) is 1.87. The molecular weight excluding hydrogens is 322 g/mol. The van der Waals surface area contributed by atoms with Crippen molar-refractivity contribution in [3.05, 3.63) is 65.6 Å². The van der Waals surface area contributed by atoms with E-state index in [0.29, 0.717) is 17.0 Å². The molecule has 3 rings (SSSR count). The van der Waals surface area contributed by atoms with Gasteiger partial charge in [-0.1, -0.05) is 6.07 Å². The molecule has 0 spiro atoms. The first-order valence-electron chi connectivity index (χ1n) is 7.64. The first-order chi connectivity index (χ1) is 12.0. The number of amides is 1. The molecule has 2 N–H and O–H groups in total. The van der Waals surface area contributed by atoms with Gasteiger partial charge in [0.25, 0.3) is 5.91 Å². The Bertz CT molecular complexity index is 916. The number of hydrogen-bond acceptors (Lipinski definition) is 5. The molecule has 0 saturated carbocycles. The van der Waals surface area contributed by atoms with Crippen LogP contribution in [-0.4, -0.2) is 27.9 Å². The molecule has 1 aromatic carbocycles. The average molecular weight is 339 g/mol. The summed E-state index contributed by atoms with van der Waals surface area (Å²) in [6, 6.07) is 10.2. The Kier molecular flexibility index (Phi) is 4.65. The van der Waals surface area contributed by atoms with Gasteiger partial charge in [-0.15, -0.1) is 0 Å². The molecule has 0 saturated heterocycles. The van der Waals surface area contributed by atoms with Crippen LogP contribution in [0.4, 0.5) is 0 Å². The summed E-state index contributed by atoms with van der Waals surface area (Å²) in [7, 11) is 0. The monoisotopic (exact) mass is 339 g/mol. The Balaban J connectivity index is 1.60. The van der Waals surface area contributed by atoms with Crippen LogP contribution < -0.4 is 10.5 Å². The standard InChI is InChI=1S/C18H17N3O4/c1-12-2-7-17-20-14(9-21(17)8-12)10-25-18(23)13-3-5-15(6-4-13)24-11-16(19)22/h2-9H,10-11H2,1H3,(H2,19,22). The number of nitrogens with two attached hydrogens (primary N) is 1. The van der Waals surface area contributed by atoms with Gasteiger partial charge in [0.05, 0.1) is 11.3 Å². The number of rotatable bonds is 6. The molecule has 7 nitrogen and oxygen atoms in total. The summed E-state index contributed by atoms with van der Waals surface area (Å²) < 4.78 is 12.3. The Morgan fingerprint density at radius 1 is 1.12 bits per heavy atom. The van der Waals surface area contributed by atoms with Crippen molar-refractivity contribution in [1.82, 2.24) is 9.38 Å². The van der Waals surface area contributed by atoms with Crippen molar-refractivity contribution >= 4 is 17.5 Å². The molecule has 1 amide bonds. The lowest BCUT2D eigenvalue weighted by Crippen LogP contribution is -2.20. The zero-order valence-electron chi connectivity index (χ0n) is 13.6. The zero-order chi connectivity index (χ0) is 17.8. The highest BCUT2D eigenvalue weighted by Gasteiger charge is 2.10. The lowest BCUT2D eigenvalue weighted by Gasteiger charge is -2.05. The first kappa shape index (κ1) is 16.5. The molecule has 7 heteroatoms. The third-order valence-corrected chi connectivity index (χ3v) is 3.47. The van der Waals surface area contributed by atoms with Gasteiger partial charge in [-0.25, -0.2) is 9.78 Å². The fourth-order valence-electron chi connectivity index (χ4n) is 2.29. The number of pyridine rings is 1. The molecule has 3 aromatic rings. The lowest BCUT2D eigenvalue weighted by atomic mass is 10.2. The van der Waals surface area contributed by atoms with E-state index in [9.17, 15) is 9.59 Å². The van der Waals surface area contributed by atoms with Crippen molar-refractivity contribution in [2.24, 2.45) is 5.73 Å². The van der Waals surface area contributed by atoms with Gasteiger partial charge in [0.2, 0.25) is 0 Å². The van der Waals surface area contributed by atoms with Crippen molar-refractivity contribution in [2.45, 2.75) is 13.5 Å². The molecule has 0 aliphatic heterocycles. The molecule has 0 unspecified atom stereocenters. The van der Waals surface area contributed by atoms with Gasteiger partial charge >= 0.3 is 5.97 Å². The lowest BCUT2D eigenvalue weighted by molar-refractivity contribution is -0.119. The van der Waals surface area contributed by atoms with E-state index >= 15 is 0 Å². The summed E-state index contributed by atoms with van der Waals surface area (Å²) in [4.78, 5) is 27.2. The maximum absolute atomic E-state index is 12.1. The molecule has 2 heterocycles. The van der Waals surface area contributed by atoms with Crippen LogP contribution in [0, 0.1) is 6.92 Å². The number of aryl methyl sites for hydroxylation is 1. The van der Waals surface area contributed by atoms with E-state index in [1.54, 1.807) is 24.3 Å². The van der Waals surface area contributed by atoms with Gasteiger partial charge in [-0.3, -0.25) is 4.79 Å². The van der Waals surface area contributed by atoms with Gasteiger partial charge in [0, 0.05) is 12.4 Å². The second kappa shape index (κ2) is 7.04. The summed E-state index contributed by atoms with van der Waals surface area (Å²) in [5, 5.41) is 0. The molecule has 0 radical (unpaired) electrons. The van der Waals surface area contributed by atoms with Crippen LogP contribution in [0.2, 0.25) is 0 Å². The van der Waals surface area contributed by atoms with E-state index in [4.69, 9.17) is 15.2 Å². The second-order valence-electron chi connectivity index (χ2n) is 5.56. The van der Waals surface area contributed by atoms with Crippen LogP contribution in [0.25, 0.3) is 5.65 Å². The Morgan fingerprint density at radius 2 is 1.88 bits per heavy atom. The molecule has 0 fully saturated rings. The molecule has 128 valence electrons. The normalized spacial score (nSPS) is 10.6. The SMILES string of the molecule is Cc1ccc2nc(COC(=O)c3ccc(OCC(N)=O)cc3)cn2c1. The fraction of sp³-hybridized carbons (Fsp3) is 0.167. The third kappa shape index (κ3) is 4.14. The number of hydrogen-bond donors (Lipinski definition) is 1. The van der Waals surface area contributed by atoms with Crippen LogP contribution in [0.15, 0.2) is 48.8 Å². The number of carbonyl (C=O) groups excluding carboxylic acids is 2. The number of imidazole rings is 1. The topological polar surface area (TPSA) is 95.9 Å². The average Bonchev–Trinajstić information content (AvgIpc) is 3.00. The molecule has 2 aromatic heterocycles. The second-order valence-corrected chi connectivity index (χ2v) is 5.56. The van der Waals surface area contributed by atoms with Crippen LogP contribution in [0.5, 0.6) is 5.75 Å². The number of esters is 1. The maximum Gasteiger partial charge on any atom is 0.338 e.